The van der Waals surface area contributed by atoms with E-state index in [0.29, 0.717) is 43.5 Å². The van der Waals surface area contributed by atoms with Crippen LogP contribution in [0.1, 0.15) is 71.8 Å². The summed E-state index contributed by atoms with van der Waals surface area (Å²) in [5.74, 6) is -1.99. The minimum Gasteiger partial charge on any atom is -0.445 e. The SMILES string of the molecule is C.CNC(=O)OCc1ccc(NC(=O)[C@H](CCCNC(N)=O)NC(=O)[C@@H](NC(=O)CCCCCN2C(=O)CC(SC)C2=O)C(C)C)cc1. The Hall–Kier alpha value is -4.34. The molecule has 268 valence electrons. The fraction of sp³-hybridized carbons (Fsp3) is 0.594. The molecule has 1 aromatic carbocycles. The number of nitrogens with two attached hydrogens (primary N) is 1. The van der Waals surface area contributed by atoms with Gasteiger partial charge in [-0.05, 0) is 55.6 Å². The second-order valence-electron chi connectivity index (χ2n) is 11.4. The van der Waals surface area contributed by atoms with Crippen molar-refractivity contribution in [2.75, 3.05) is 31.7 Å². The summed E-state index contributed by atoms with van der Waals surface area (Å²) in [5.41, 5.74) is 6.28. The van der Waals surface area contributed by atoms with Gasteiger partial charge in [0.15, 0.2) is 0 Å². The number of ether oxygens (including phenoxy) is 1. The Balaban J connectivity index is 0.0000115. The van der Waals surface area contributed by atoms with Crippen LogP contribution in [0.3, 0.4) is 0 Å². The van der Waals surface area contributed by atoms with Crippen molar-refractivity contribution in [2.24, 2.45) is 11.7 Å². The molecule has 1 heterocycles. The number of rotatable bonds is 19. The summed E-state index contributed by atoms with van der Waals surface area (Å²) >= 11 is 1.37. The molecule has 15 nitrogen and oxygen atoms in total. The molecule has 48 heavy (non-hydrogen) atoms. The molecule has 0 spiro atoms. The number of primary amides is 1. The molecule has 0 aromatic heterocycles. The van der Waals surface area contributed by atoms with E-state index in [9.17, 15) is 33.6 Å². The maximum atomic E-state index is 13.3. The summed E-state index contributed by atoms with van der Waals surface area (Å²) in [4.78, 5) is 87.4. The van der Waals surface area contributed by atoms with Crippen molar-refractivity contribution in [1.82, 2.24) is 26.2 Å². The zero-order valence-electron chi connectivity index (χ0n) is 27.4. The maximum absolute atomic E-state index is 13.3. The van der Waals surface area contributed by atoms with Gasteiger partial charge in [0.1, 0.15) is 18.7 Å². The quantitative estimate of drug-likeness (QED) is 0.0923. The van der Waals surface area contributed by atoms with E-state index in [1.807, 2.05) is 0 Å². The molecule has 3 atom stereocenters. The molecule has 1 saturated heterocycles. The van der Waals surface area contributed by atoms with E-state index in [1.54, 1.807) is 44.4 Å². The van der Waals surface area contributed by atoms with Gasteiger partial charge < -0.3 is 37.1 Å². The van der Waals surface area contributed by atoms with Crippen LogP contribution in [0.5, 0.6) is 0 Å². The van der Waals surface area contributed by atoms with Crippen LogP contribution in [-0.4, -0.2) is 90.3 Å². The predicted octanol–water partition coefficient (Wildman–Crippen LogP) is 2.24. The number of nitrogens with one attached hydrogen (secondary N) is 5. The Morgan fingerprint density at radius 3 is 2.27 bits per heavy atom. The van der Waals surface area contributed by atoms with Gasteiger partial charge in [-0.2, -0.15) is 11.8 Å². The molecule has 16 heteroatoms. The predicted molar refractivity (Wildman–Crippen MR) is 184 cm³/mol. The van der Waals surface area contributed by atoms with Gasteiger partial charge >= 0.3 is 12.1 Å². The number of unbranched alkanes of at least 4 members (excludes halogenated alkanes) is 2. The van der Waals surface area contributed by atoms with Crippen LogP contribution in [0.4, 0.5) is 15.3 Å². The number of likely N-dealkylation sites (tertiary alicyclic amines) is 1. The molecule has 7 N–H and O–H groups in total. The third kappa shape index (κ3) is 14.2. The average molecular weight is 694 g/mol. The first-order chi connectivity index (χ1) is 22.4. The van der Waals surface area contributed by atoms with E-state index < -0.39 is 36.0 Å². The van der Waals surface area contributed by atoms with E-state index in [1.165, 1.54) is 23.7 Å². The first-order valence-electron chi connectivity index (χ1n) is 15.6. The third-order valence-electron chi connectivity index (χ3n) is 7.44. The van der Waals surface area contributed by atoms with Gasteiger partial charge in [0, 0.05) is 38.7 Å². The second kappa shape index (κ2) is 21.5. The highest BCUT2D eigenvalue weighted by Crippen LogP contribution is 2.23. The number of hydrogen-bond acceptors (Lipinski definition) is 9. The van der Waals surface area contributed by atoms with Gasteiger partial charge in [-0.25, -0.2) is 9.59 Å². The molecule has 0 aliphatic carbocycles. The molecular weight excluding hydrogens is 642 g/mol. The summed E-state index contributed by atoms with van der Waals surface area (Å²) in [5, 5.41) is 12.8. The topological polar surface area (TPSA) is 218 Å². The number of urea groups is 1. The van der Waals surface area contributed by atoms with Crippen LogP contribution < -0.4 is 32.3 Å². The van der Waals surface area contributed by atoms with Crippen molar-refractivity contribution in [3.63, 3.8) is 0 Å². The van der Waals surface area contributed by atoms with E-state index in [4.69, 9.17) is 10.5 Å². The van der Waals surface area contributed by atoms with Crippen molar-refractivity contribution < 1.29 is 38.3 Å². The number of carbonyl (C=O) groups excluding carboxylic acids is 7. The Bertz CT molecular complexity index is 1260. The Morgan fingerprint density at radius 2 is 1.69 bits per heavy atom. The smallest absolute Gasteiger partial charge is 0.407 e. The van der Waals surface area contributed by atoms with Crippen molar-refractivity contribution in [2.45, 2.75) is 90.2 Å². The highest BCUT2D eigenvalue weighted by molar-refractivity contribution is 8.00. The minimum absolute atomic E-state index is 0. The Labute approximate surface area is 286 Å². The zero-order chi connectivity index (χ0) is 34.9. The van der Waals surface area contributed by atoms with Crippen LogP contribution in [-0.2, 0) is 35.3 Å². The lowest BCUT2D eigenvalue weighted by molar-refractivity contribution is -0.138. The van der Waals surface area contributed by atoms with E-state index in [0.717, 1.165) is 0 Å². The fourth-order valence-corrected chi connectivity index (χ4v) is 5.41. The number of benzene rings is 1. The third-order valence-corrected chi connectivity index (χ3v) is 8.37. The fourth-order valence-electron chi connectivity index (χ4n) is 4.77. The van der Waals surface area contributed by atoms with Crippen LogP contribution in [0, 0.1) is 5.92 Å². The maximum Gasteiger partial charge on any atom is 0.407 e. The summed E-state index contributed by atoms with van der Waals surface area (Å²) in [7, 11) is 1.45. The molecule has 1 aliphatic heterocycles. The number of carbonyl (C=O) groups is 7. The zero-order valence-corrected chi connectivity index (χ0v) is 28.2. The number of anilines is 1. The molecule has 1 fully saturated rings. The molecule has 0 radical (unpaired) electrons. The number of nitrogens with zero attached hydrogens (tertiary/aromatic N) is 1. The molecular formula is C32H51N7O8S. The molecule has 2 rings (SSSR count). The molecule has 8 amide bonds. The van der Waals surface area contributed by atoms with Crippen LogP contribution in [0.25, 0.3) is 0 Å². The van der Waals surface area contributed by atoms with Crippen LogP contribution in [0.2, 0.25) is 0 Å². The van der Waals surface area contributed by atoms with Gasteiger partial charge in [-0.15, -0.1) is 0 Å². The number of thioether (sulfide) groups is 1. The van der Waals surface area contributed by atoms with Crippen molar-refractivity contribution >= 4 is 59.1 Å². The first-order valence-corrected chi connectivity index (χ1v) is 16.9. The summed E-state index contributed by atoms with van der Waals surface area (Å²) in [6.45, 7) is 4.11. The molecule has 1 unspecified atom stereocenters. The monoisotopic (exact) mass is 693 g/mol. The standard InChI is InChI=1S/C31H47N7O8S.CH4/c1-19(2)26(37-24(39)10-6-5-7-16-38-25(40)17-23(47-4)29(38)43)28(42)36-22(9-8-15-34-30(32)44)27(41)35-21-13-11-20(12-14-21)18-46-31(45)33-3;/h11-14,19,22-23,26H,5-10,15-18H2,1-4H3,(H,33,45)(H,35,41)(H,36,42)(H,37,39)(H3,32,34,44);1H4/t22-,23?,26-;/m0./s1. The Kier molecular flexibility index (Phi) is 18.7. The number of imide groups is 1. The van der Waals surface area contributed by atoms with Crippen molar-refractivity contribution in [1.29, 1.82) is 0 Å². The van der Waals surface area contributed by atoms with Crippen LogP contribution in [0.15, 0.2) is 24.3 Å². The highest BCUT2D eigenvalue weighted by Gasteiger charge is 2.37. The summed E-state index contributed by atoms with van der Waals surface area (Å²) in [6.07, 6.45) is 3.82. The van der Waals surface area contributed by atoms with Gasteiger partial charge in [0.2, 0.25) is 29.5 Å². The lowest BCUT2D eigenvalue weighted by Gasteiger charge is -2.25. The van der Waals surface area contributed by atoms with Gasteiger partial charge in [0.25, 0.3) is 0 Å². The van der Waals surface area contributed by atoms with Crippen molar-refractivity contribution in [3.8, 4) is 0 Å². The normalized spacial score (nSPS) is 15.2. The van der Waals surface area contributed by atoms with Crippen LogP contribution >= 0.6 is 11.8 Å². The molecule has 0 bridgehead atoms. The summed E-state index contributed by atoms with van der Waals surface area (Å²) < 4.78 is 5.01. The second-order valence-corrected chi connectivity index (χ2v) is 12.5. The lowest BCUT2D eigenvalue weighted by Crippen LogP contribution is -2.54. The average Bonchev–Trinajstić information content (AvgIpc) is 3.31. The number of alkyl carbamates (subject to hydrolysis) is 1. The first kappa shape index (κ1) is 41.7. The summed E-state index contributed by atoms with van der Waals surface area (Å²) in [6, 6.07) is 4.01. The number of amides is 8. The Morgan fingerprint density at radius 1 is 1.00 bits per heavy atom. The largest absolute Gasteiger partial charge is 0.445 e. The van der Waals surface area contributed by atoms with Gasteiger partial charge in [0.05, 0.1) is 5.25 Å². The van der Waals surface area contributed by atoms with E-state index in [-0.39, 0.29) is 68.7 Å². The van der Waals surface area contributed by atoms with Gasteiger partial charge in [-0.3, -0.25) is 28.9 Å². The molecule has 1 aliphatic rings. The highest BCUT2D eigenvalue weighted by atomic mass is 32.2. The van der Waals surface area contributed by atoms with Crippen molar-refractivity contribution in [3.05, 3.63) is 29.8 Å². The van der Waals surface area contributed by atoms with E-state index >= 15 is 0 Å². The minimum atomic E-state index is -0.992. The number of hydrogen-bond donors (Lipinski definition) is 6. The molecule has 0 saturated carbocycles. The van der Waals surface area contributed by atoms with E-state index in [2.05, 4.69) is 26.6 Å². The molecule has 1 aromatic rings. The lowest BCUT2D eigenvalue weighted by atomic mass is 10.0. The van der Waals surface area contributed by atoms with Gasteiger partial charge in [-0.1, -0.05) is 39.8 Å².